The summed E-state index contributed by atoms with van der Waals surface area (Å²) in [6, 6.07) is 14.0. The lowest BCUT2D eigenvalue weighted by Crippen LogP contribution is -2.29. The lowest BCUT2D eigenvalue weighted by molar-refractivity contribution is -0.135. The monoisotopic (exact) mass is 331 g/mol. The molecule has 1 amide bonds. The SMILES string of the molecule is CC(=O)N[C@H](CC(=O)Oc1ccc(Cl)cc1C)c1ccccc1. The number of ether oxygens (including phenoxy) is 1. The molecule has 0 unspecified atom stereocenters. The summed E-state index contributed by atoms with van der Waals surface area (Å²) in [4.78, 5) is 23.6. The maximum Gasteiger partial charge on any atom is 0.313 e. The van der Waals surface area contributed by atoms with E-state index in [0.717, 1.165) is 11.1 Å². The van der Waals surface area contributed by atoms with Gasteiger partial charge in [0.05, 0.1) is 12.5 Å². The van der Waals surface area contributed by atoms with Crippen molar-refractivity contribution in [3.63, 3.8) is 0 Å². The third kappa shape index (κ3) is 5.11. The standard InChI is InChI=1S/C18H18ClNO3/c1-12-10-15(19)8-9-17(12)23-18(22)11-16(20-13(2)21)14-6-4-3-5-7-14/h3-10,16H,11H2,1-2H3,(H,20,21)/t16-/m1/s1. The molecule has 2 aromatic carbocycles. The van der Waals surface area contributed by atoms with Gasteiger partial charge < -0.3 is 10.1 Å². The number of amides is 1. The predicted octanol–water partition coefficient (Wildman–Crippen LogP) is 3.82. The van der Waals surface area contributed by atoms with Gasteiger partial charge in [0.25, 0.3) is 0 Å². The predicted molar refractivity (Wildman–Crippen MR) is 89.4 cm³/mol. The Bertz CT molecular complexity index is 701. The highest BCUT2D eigenvalue weighted by Gasteiger charge is 2.19. The molecule has 0 radical (unpaired) electrons. The van der Waals surface area contributed by atoms with Crippen LogP contribution in [0, 0.1) is 6.92 Å². The fourth-order valence-corrected chi connectivity index (χ4v) is 2.47. The molecule has 1 atom stereocenters. The highest BCUT2D eigenvalue weighted by Crippen LogP contribution is 2.24. The van der Waals surface area contributed by atoms with Crippen molar-refractivity contribution >= 4 is 23.5 Å². The van der Waals surface area contributed by atoms with E-state index in [9.17, 15) is 9.59 Å². The minimum atomic E-state index is -0.422. The topological polar surface area (TPSA) is 55.4 Å². The van der Waals surface area contributed by atoms with Crippen LogP contribution in [-0.4, -0.2) is 11.9 Å². The molecule has 2 rings (SSSR count). The number of halogens is 1. The molecule has 0 aliphatic heterocycles. The summed E-state index contributed by atoms with van der Waals surface area (Å²) in [6.07, 6.45) is 0.0473. The number of benzene rings is 2. The Kier molecular flexibility index (Phi) is 5.77. The van der Waals surface area contributed by atoms with Gasteiger partial charge in [-0.05, 0) is 36.2 Å². The zero-order valence-corrected chi connectivity index (χ0v) is 13.8. The fourth-order valence-electron chi connectivity index (χ4n) is 2.24. The minimum Gasteiger partial charge on any atom is -0.426 e. The van der Waals surface area contributed by atoms with E-state index in [1.54, 1.807) is 18.2 Å². The number of aryl methyl sites for hydroxylation is 1. The zero-order chi connectivity index (χ0) is 16.8. The number of esters is 1. The second-order valence-corrected chi connectivity index (χ2v) is 5.69. The molecule has 23 heavy (non-hydrogen) atoms. The Hall–Kier alpha value is -2.33. The van der Waals surface area contributed by atoms with Crippen LogP contribution in [0.1, 0.15) is 30.5 Å². The Morgan fingerprint density at radius 1 is 1.17 bits per heavy atom. The van der Waals surface area contributed by atoms with Crippen LogP contribution in [0.25, 0.3) is 0 Å². The summed E-state index contributed by atoms with van der Waals surface area (Å²) in [5.74, 6) is -0.151. The first-order valence-electron chi connectivity index (χ1n) is 7.24. The van der Waals surface area contributed by atoms with Crippen molar-refractivity contribution in [1.82, 2.24) is 5.32 Å². The summed E-state index contributed by atoms with van der Waals surface area (Å²) in [5, 5.41) is 3.36. The maximum atomic E-state index is 12.2. The summed E-state index contributed by atoms with van der Waals surface area (Å²) < 4.78 is 5.38. The lowest BCUT2D eigenvalue weighted by atomic mass is 10.0. The van der Waals surface area contributed by atoms with Gasteiger partial charge in [0.2, 0.25) is 5.91 Å². The van der Waals surface area contributed by atoms with E-state index in [1.807, 2.05) is 37.3 Å². The number of nitrogens with one attached hydrogen (secondary N) is 1. The summed E-state index contributed by atoms with van der Waals surface area (Å²) in [7, 11) is 0. The van der Waals surface area contributed by atoms with Crippen LogP contribution in [0.2, 0.25) is 5.02 Å². The van der Waals surface area contributed by atoms with Crippen molar-refractivity contribution < 1.29 is 14.3 Å². The van der Waals surface area contributed by atoms with E-state index in [-0.39, 0.29) is 12.3 Å². The van der Waals surface area contributed by atoms with E-state index in [4.69, 9.17) is 16.3 Å². The Labute approximate surface area is 140 Å². The Morgan fingerprint density at radius 3 is 2.48 bits per heavy atom. The lowest BCUT2D eigenvalue weighted by Gasteiger charge is -2.18. The second-order valence-electron chi connectivity index (χ2n) is 5.25. The largest absolute Gasteiger partial charge is 0.426 e. The number of rotatable bonds is 5. The first-order chi connectivity index (χ1) is 11.0. The average molecular weight is 332 g/mol. The van der Waals surface area contributed by atoms with Gasteiger partial charge in [-0.3, -0.25) is 9.59 Å². The van der Waals surface area contributed by atoms with Crippen molar-refractivity contribution in [3.05, 3.63) is 64.7 Å². The number of hydrogen-bond acceptors (Lipinski definition) is 3. The molecular weight excluding hydrogens is 314 g/mol. The van der Waals surface area contributed by atoms with Gasteiger partial charge in [-0.1, -0.05) is 41.9 Å². The third-order valence-corrected chi connectivity index (χ3v) is 3.55. The molecule has 0 fully saturated rings. The molecule has 4 nitrogen and oxygen atoms in total. The van der Waals surface area contributed by atoms with Crippen LogP contribution in [-0.2, 0) is 9.59 Å². The Morgan fingerprint density at radius 2 is 1.87 bits per heavy atom. The van der Waals surface area contributed by atoms with E-state index >= 15 is 0 Å². The summed E-state index contributed by atoms with van der Waals surface area (Å²) >= 11 is 5.89. The van der Waals surface area contributed by atoms with E-state index in [0.29, 0.717) is 10.8 Å². The van der Waals surface area contributed by atoms with Gasteiger partial charge in [0.15, 0.2) is 0 Å². The smallest absolute Gasteiger partial charge is 0.313 e. The van der Waals surface area contributed by atoms with Gasteiger partial charge in [0, 0.05) is 11.9 Å². The van der Waals surface area contributed by atoms with Crippen LogP contribution < -0.4 is 10.1 Å². The molecule has 0 heterocycles. The molecule has 0 aliphatic carbocycles. The molecule has 1 N–H and O–H groups in total. The normalized spacial score (nSPS) is 11.6. The first-order valence-corrected chi connectivity index (χ1v) is 7.62. The third-order valence-electron chi connectivity index (χ3n) is 3.31. The van der Waals surface area contributed by atoms with Crippen LogP contribution >= 0.6 is 11.6 Å². The fraction of sp³-hybridized carbons (Fsp3) is 0.222. The average Bonchev–Trinajstić information content (AvgIpc) is 2.50. The first kappa shape index (κ1) is 17.0. The van der Waals surface area contributed by atoms with E-state index < -0.39 is 12.0 Å². The summed E-state index contributed by atoms with van der Waals surface area (Å²) in [5.41, 5.74) is 1.63. The minimum absolute atomic E-state index is 0.0473. The Balaban J connectivity index is 2.09. The van der Waals surface area contributed by atoms with Gasteiger partial charge in [-0.15, -0.1) is 0 Å². The van der Waals surface area contributed by atoms with Crippen molar-refractivity contribution in [2.45, 2.75) is 26.3 Å². The number of carbonyl (C=O) groups excluding carboxylic acids is 2. The van der Waals surface area contributed by atoms with Crippen molar-refractivity contribution in [2.24, 2.45) is 0 Å². The van der Waals surface area contributed by atoms with Crippen LogP contribution in [0.15, 0.2) is 48.5 Å². The molecule has 5 heteroatoms. The van der Waals surface area contributed by atoms with Gasteiger partial charge in [-0.25, -0.2) is 0 Å². The van der Waals surface area contributed by atoms with Crippen LogP contribution in [0.4, 0.5) is 0 Å². The maximum absolute atomic E-state index is 12.2. The van der Waals surface area contributed by atoms with Crippen molar-refractivity contribution in [1.29, 1.82) is 0 Å². The molecular formula is C18H18ClNO3. The molecule has 2 aromatic rings. The number of hydrogen-bond donors (Lipinski definition) is 1. The zero-order valence-electron chi connectivity index (χ0n) is 13.0. The van der Waals surface area contributed by atoms with E-state index in [1.165, 1.54) is 6.92 Å². The summed E-state index contributed by atoms with van der Waals surface area (Å²) in [6.45, 7) is 3.24. The highest BCUT2D eigenvalue weighted by atomic mass is 35.5. The van der Waals surface area contributed by atoms with Crippen molar-refractivity contribution in [3.8, 4) is 5.75 Å². The molecule has 0 saturated carbocycles. The van der Waals surface area contributed by atoms with Crippen molar-refractivity contribution in [2.75, 3.05) is 0 Å². The quantitative estimate of drug-likeness (QED) is 0.669. The van der Waals surface area contributed by atoms with Crippen LogP contribution in [0.3, 0.4) is 0 Å². The second kappa shape index (κ2) is 7.79. The molecule has 0 saturated heterocycles. The van der Waals surface area contributed by atoms with Crippen LogP contribution in [0.5, 0.6) is 5.75 Å². The molecule has 0 bridgehead atoms. The number of carbonyl (C=O) groups is 2. The molecule has 120 valence electrons. The van der Waals surface area contributed by atoms with Gasteiger partial charge in [0.1, 0.15) is 5.75 Å². The van der Waals surface area contributed by atoms with Gasteiger partial charge >= 0.3 is 5.97 Å². The molecule has 0 aliphatic rings. The van der Waals surface area contributed by atoms with E-state index in [2.05, 4.69) is 5.32 Å². The van der Waals surface area contributed by atoms with Gasteiger partial charge in [-0.2, -0.15) is 0 Å². The molecule has 0 aromatic heterocycles. The molecule has 0 spiro atoms. The highest BCUT2D eigenvalue weighted by molar-refractivity contribution is 6.30.